The molecule has 0 spiro atoms. The number of rotatable bonds is 10. The lowest BCUT2D eigenvalue weighted by Gasteiger charge is -2.30. The van der Waals surface area contributed by atoms with E-state index in [-0.39, 0.29) is 30.8 Å². The van der Waals surface area contributed by atoms with Crippen LogP contribution in [0.25, 0.3) is 0 Å². The van der Waals surface area contributed by atoms with Gasteiger partial charge in [-0.05, 0) is 60.7 Å². The van der Waals surface area contributed by atoms with Gasteiger partial charge in [0.25, 0.3) is 5.91 Å². The van der Waals surface area contributed by atoms with Gasteiger partial charge in [-0.25, -0.2) is 4.39 Å². The Hall–Kier alpha value is -2.41. The molecule has 2 rings (SSSR count). The Morgan fingerprint density at radius 1 is 1.16 bits per heavy atom. The first-order chi connectivity index (χ1) is 14.7. The molecule has 2 aromatic rings. The normalized spacial score (nSPS) is 11.8. The minimum Gasteiger partial charge on any atom is -0.484 e. The number of benzene rings is 2. The quantitative estimate of drug-likeness (QED) is 0.515. The third-order valence-electron chi connectivity index (χ3n) is 4.83. The van der Waals surface area contributed by atoms with Gasteiger partial charge >= 0.3 is 0 Å². The van der Waals surface area contributed by atoms with Crippen molar-refractivity contribution in [3.05, 3.63) is 63.9 Å². The van der Waals surface area contributed by atoms with Crippen LogP contribution >= 0.6 is 15.9 Å². The van der Waals surface area contributed by atoms with Gasteiger partial charge in [0.05, 0.1) is 0 Å². The van der Waals surface area contributed by atoms with Gasteiger partial charge in [0.15, 0.2) is 6.61 Å². The number of nitrogens with one attached hydrogen (secondary N) is 1. The van der Waals surface area contributed by atoms with Crippen LogP contribution in [0.15, 0.2) is 46.9 Å². The molecule has 0 bridgehead atoms. The smallest absolute Gasteiger partial charge is 0.261 e. The molecule has 1 N–H and O–H groups in total. The third-order valence-corrected chi connectivity index (χ3v) is 5.72. The maximum atomic E-state index is 13.3. The Balaban J connectivity index is 2.19. The summed E-state index contributed by atoms with van der Waals surface area (Å²) in [6, 6.07) is 10.8. The van der Waals surface area contributed by atoms with Crippen LogP contribution in [0.4, 0.5) is 4.39 Å². The molecule has 0 heterocycles. The van der Waals surface area contributed by atoms with E-state index in [0.717, 1.165) is 15.6 Å². The topological polar surface area (TPSA) is 58.6 Å². The molecule has 168 valence electrons. The molecule has 0 saturated heterocycles. The van der Waals surface area contributed by atoms with Crippen LogP contribution in [-0.4, -0.2) is 35.9 Å². The molecule has 7 heteroatoms. The third kappa shape index (κ3) is 7.65. The molecule has 31 heavy (non-hydrogen) atoms. The number of hydrogen-bond donors (Lipinski definition) is 1. The van der Waals surface area contributed by atoms with E-state index in [1.165, 1.54) is 17.0 Å². The zero-order valence-corrected chi connectivity index (χ0v) is 20.0. The van der Waals surface area contributed by atoms with Gasteiger partial charge in [-0.3, -0.25) is 9.59 Å². The fraction of sp³-hybridized carbons (Fsp3) is 0.417. The van der Waals surface area contributed by atoms with Crippen molar-refractivity contribution < 1.29 is 18.7 Å². The van der Waals surface area contributed by atoms with E-state index in [2.05, 4.69) is 21.2 Å². The van der Waals surface area contributed by atoms with Crippen molar-refractivity contribution in [2.75, 3.05) is 13.2 Å². The van der Waals surface area contributed by atoms with Crippen molar-refractivity contribution >= 4 is 27.7 Å². The van der Waals surface area contributed by atoms with E-state index in [4.69, 9.17) is 4.74 Å². The molecule has 0 aliphatic rings. The summed E-state index contributed by atoms with van der Waals surface area (Å²) in [5, 5.41) is 2.91. The Morgan fingerprint density at radius 3 is 2.42 bits per heavy atom. The van der Waals surface area contributed by atoms with E-state index >= 15 is 0 Å². The molecule has 0 fully saturated rings. The second-order valence-corrected chi connectivity index (χ2v) is 8.77. The SMILES string of the molecule is CCC(C(=O)NCC(C)C)N(Cc1ccc(F)cc1)C(=O)COc1ccc(Br)c(C)c1. The second kappa shape index (κ2) is 11.8. The number of carbonyl (C=O) groups excluding carboxylic acids is 2. The first-order valence-corrected chi connectivity index (χ1v) is 11.2. The van der Waals surface area contributed by atoms with Gasteiger partial charge in [0, 0.05) is 17.6 Å². The lowest BCUT2D eigenvalue weighted by molar-refractivity contribution is -0.143. The lowest BCUT2D eigenvalue weighted by Crippen LogP contribution is -2.50. The fourth-order valence-corrected chi connectivity index (χ4v) is 3.31. The highest BCUT2D eigenvalue weighted by atomic mass is 79.9. The van der Waals surface area contributed by atoms with Crippen molar-refractivity contribution in [2.45, 2.75) is 46.7 Å². The van der Waals surface area contributed by atoms with Crippen molar-refractivity contribution in [3.8, 4) is 5.75 Å². The Kier molecular flexibility index (Phi) is 9.49. The van der Waals surface area contributed by atoms with Crippen molar-refractivity contribution in [1.29, 1.82) is 0 Å². The van der Waals surface area contributed by atoms with Crippen molar-refractivity contribution in [2.24, 2.45) is 5.92 Å². The van der Waals surface area contributed by atoms with Gasteiger partial charge in [0.1, 0.15) is 17.6 Å². The Morgan fingerprint density at radius 2 is 1.84 bits per heavy atom. The minimum atomic E-state index is -0.647. The first-order valence-electron chi connectivity index (χ1n) is 10.4. The van der Waals surface area contributed by atoms with Crippen LogP contribution in [0.3, 0.4) is 0 Å². The molecule has 0 saturated carbocycles. The molecule has 1 unspecified atom stereocenters. The van der Waals surface area contributed by atoms with Crippen LogP contribution < -0.4 is 10.1 Å². The average Bonchev–Trinajstić information content (AvgIpc) is 2.74. The summed E-state index contributed by atoms with van der Waals surface area (Å²) in [6.07, 6.45) is 0.453. The predicted molar refractivity (Wildman–Crippen MR) is 123 cm³/mol. The van der Waals surface area contributed by atoms with Gasteiger partial charge in [-0.1, -0.05) is 48.8 Å². The van der Waals surface area contributed by atoms with Crippen LogP contribution in [0.2, 0.25) is 0 Å². The van der Waals surface area contributed by atoms with Gasteiger partial charge < -0.3 is 15.0 Å². The summed E-state index contributed by atoms with van der Waals surface area (Å²) in [6.45, 7) is 8.34. The number of hydrogen-bond acceptors (Lipinski definition) is 3. The molecule has 5 nitrogen and oxygen atoms in total. The minimum absolute atomic E-state index is 0.190. The number of aryl methyl sites for hydroxylation is 1. The molecule has 0 radical (unpaired) electrons. The summed E-state index contributed by atoms with van der Waals surface area (Å²) in [5.41, 5.74) is 1.73. The monoisotopic (exact) mass is 492 g/mol. The summed E-state index contributed by atoms with van der Waals surface area (Å²) >= 11 is 3.44. The fourth-order valence-electron chi connectivity index (χ4n) is 3.06. The van der Waals surface area contributed by atoms with Crippen LogP contribution in [0, 0.1) is 18.7 Å². The maximum absolute atomic E-state index is 13.3. The highest BCUT2D eigenvalue weighted by Crippen LogP contribution is 2.22. The molecule has 0 aliphatic carbocycles. The van der Waals surface area contributed by atoms with Crippen LogP contribution in [-0.2, 0) is 16.1 Å². The molecule has 0 aromatic heterocycles. The molecule has 0 aliphatic heterocycles. The predicted octanol–water partition coefficient (Wildman–Crippen LogP) is 4.86. The number of nitrogens with zero attached hydrogens (tertiary/aromatic N) is 1. The zero-order valence-electron chi connectivity index (χ0n) is 18.5. The molecular formula is C24H30BrFN2O3. The maximum Gasteiger partial charge on any atom is 0.261 e. The van der Waals surface area contributed by atoms with Gasteiger partial charge in [0.2, 0.25) is 5.91 Å². The van der Waals surface area contributed by atoms with Crippen LogP contribution in [0.5, 0.6) is 5.75 Å². The number of amides is 2. The molecular weight excluding hydrogens is 463 g/mol. The first kappa shape index (κ1) is 24.9. The summed E-state index contributed by atoms with van der Waals surface area (Å²) in [4.78, 5) is 27.4. The summed E-state index contributed by atoms with van der Waals surface area (Å²) in [7, 11) is 0. The summed E-state index contributed by atoms with van der Waals surface area (Å²) in [5.74, 6) is 0.0136. The van der Waals surface area contributed by atoms with Gasteiger partial charge in [-0.15, -0.1) is 0 Å². The highest BCUT2D eigenvalue weighted by Gasteiger charge is 2.29. The van der Waals surface area contributed by atoms with Crippen molar-refractivity contribution in [1.82, 2.24) is 10.2 Å². The van der Waals surface area contributed by atoms with E-state index < -0.39 is 6.04 Å². The van der Waals surface area contributed by atoms with Crippen LogP contribution in [0.1, 0.15) is 38.3 Å². The second-order valence-electron chi connectivity index (χ2n) is 7.91. The van der Waals surface area contributed by atoms with Gasteiger partial charge in [-0.2, -0.15) is 0 Å². The Bertz CT molecular complexity index is 887. The lowest BCUT2D eigenvalue weighted by atomic mass is 10.1. The largest absolute Gasteiger partial charge is 0.484 e. The highest BCUT2D eigenvalue weighted by molar-refractivity contribution is 9.10. The van der Waals surface area contributed by atoms with E-state index in [1.54, 1.807) is 18.2 Å². The standard InChI is InChI=1S/C24H30BrFN2O3/c1-5-22(24(30)27-13-16(2)3)28(14-18-6-8-19(26)9-7-18)23(29)15-31-20-10-11-21(25)17(4)12-20/h6-12,16,22H,5,13-15H2,1-4H3,(H,27,30). The average molecular weight is 493 g/mol. The van der Waals surface area contributed by atoms with E-state index in [0.29, 0.717) is 24.6 Å². The van der Waals surface area contributed by atoms with Crippen molar-refractivity contribution in [3.63, 3.8) is 0 Å². The number of halogens is 2. The number of carbonyl (C=O) groups is 2. The summed E-state index contributed by atoms with van der Waals surface area (Å²) < 4.78 is 20.0. The Labute approximate surface area is 192 Å². The molecule has 1 atom stereocenters. The van der Waals surface area contributed by atoms with E-state index in [9.17, 15) is 14.0 Å². The molecule has 2 aromatic carbocycles. The zero-order chi connectivity index (χ0) is 23.0. The number of ether oxygens (including phenoxy) is 1. The van der Waals surface area contributed by atoms with E-state index in [1.807, 2.05) is 39.8 Å². The molecule has 2 amide bonds.